The lowest BCUT2D eigenvalue weighted by Crippen LogP contribution is -2.23. The maximum Gasteiger partial charge on any atom is 0.160 e. The Bertz CT molecular complexity index is 420. The lowest BCUT2D eigenvalue weighted by Gasteiger charge is -2.28. The topological polar surface area (TPSA) is 56.3 Å². The number of hydrogen-bond acceptors (Lipinski definition) is 5. The van der Waals surface area contributed by atoms with Crippen LogP contribution in [0.15, 0.2) is 4.47 Å². The van der Waals surface area contributed by atoms with E-state index < -0.39 is 0 Å². The number of nitrogens with one attached hydrogen (secondary N) is 1. The molecule has 0 amide bonds. The van der Waals surface area contributed by atoms with E-state index in [9.17, 15) is 0 Å². The minimum atomic E-state index is -0.177. The molecule has 0 aliphatic carbocycles. The molecule has 1 aromatic rings. The monoisotopic (exact) mass is 345 g/mol. The van der Waals surface area contributed by atoms with Crippen LogP contribution in [-0.4, -0.2) is 30.7 Å². The van der Waals surface area contributed by atoms with Crippen LogP contribution in [0.25, 0.3) is 0 Å². The molecule has 0 radical (unpaired) electrons. The summed E-state index contributed by atoms with van der Waals surface area (Å²) in [6.07, 6.45) is -0.177. The number of aromatic nitrogens is 2. The molecule has 0 fully saturated rings. The molecule has 0 aliphatic rings. The van der Waals surface area contributed by atoms with Crippen LogP contribution in [0.3, 0.4) is 0 Å². The van der Waals surface area contributed by atoms with Crippen molar-refractivity contribution < 1.29 is 9.47 Å². The number of methoxy groups -OCH3 is 2. The van der Waals surface area contributed by atoms with Crippen molar-refractivity contribution in [2.75, 3.05) is 26.1 Å². The number of anilines is 1. The third-order valence-electron chi connectivity index (χ3n) is 2.82. The fourth-order valence-corrected chi connectivity index (χ4v) is 2.43. The predicted octanol–water partition coefficient (Wildman–Crippen LogP) is 3.55. The van der Waals surface area contributed by atoms with E-state index in [1.807, 2.05) is 6.92 Å². The van der Waals surface area contributed by atoms with Crippen molar-refractivity contribution in [2.45, 2.75) is 40.4 Å². The second-order valence-electron chi connectivity index (χ2n) is 5.64. The van der Waals surface area contributed by atoms with Crippen LogP contribution in [0.2, 0.25) is 0 Å². The van der Waals surface area contributed by atoms with E-state index in [0.29, 0.717) is 12.4 Å². The number of nitrogens with zero attached hydrogens (tertiary/aromatic N) is 2. The minimum absolute atomic E-state index is 0.0869. The summed E-state index contributed by atoms with van der Waals surface area (Å²) < 4.78 is 11.6. The van der Waals surface area contributed by atoms with E-state index in [1.54, 1.807) is 14.2 Å². The van der Waals surface area contributed by atoms with E-state index in [1.165, 1.54) is 0 Å². The van der Waals surface area contributed by atoms with Gasteiger partial charge in [-0.3, -0.25) is 0 Å². The number of rotatable bonds is 6. The first-order valence-corrected chi connectivity index (χ1v) is 7.46. The summed E-state index contributed by atoms with van der Waals surface area (Å²) in [5.41, 5.74) is 0.732. The van der Waals surface area contributed by atoms with Gasteiger partial charge in [-0.05, 0) is 28.3 Å². The first-order valence-electron chi connectivity index (χ1n) is 6.67. The van der Waals surface area contributed by atoms with Gasteiger partial charge in [0.2, 0.25) is 0 Å². The van der Waals surface area contributed by atoms with E-state index in [-0.39, 0.29) is 11.5 Å². The Morgan fingerprint density at radius 3 is 2.35 bits per heavy atom. The molecule has 1 heterocycles. The number of halogens is 1. The summed E-state index contributed by atoms with van der Waals surface area (Å²) in [4.78, 5) is 9.19. The average Bonchev–Trinajstić information content (AvgIpc) is 2.34. The van der Waals surface area contributed by atoms with Gasteiger partial charge in [-0.2, -0.15) is 0 Å². The molecule has 0 bridgehead atoms. The summed E-state index contributed by atoms with van der Waals surface area (Å²) in [5, 5.41) is 3.24. The van der Waals surface area contributed by atoms with Gasteiger partial charge in [0.05, 0.1) is 16.8 Å². The van der Waals surface area contributed by atoms with Crippen molar-refractivity contribution in [3.8, 4) is 0 Å². The smallest absolute Gasteiger partial charge is 0.160 e. The largest absolute Gasteiger partial charge is 0.378 e. The Hall–Kier alpha value is -0.720. The van der Waals surface area contributed by atoms with Gasteiger partial charge in [0.1, 0.15) is 11.9 Å². The van der Waals surface area contributed by atoms with E-state index in [0.717, 1.165) is 22.5 Å². The van der Waals surface area contributed by atoms with Crippen molar-refractivity contribution in [3.63, 3.8) is 0 Å². The zero-order valence-corrected chi connectivity index (χ0v) is 14.7. The van der Waals surface area contributed by atoms with Crippen LogP contribution in [0.4, 0.5) is 5.82 Å². The molecule has 0 saturated heterocycles. The molecule has 1 aromatic heterocycles. The second-order valence-corrected chi connectivity index (χ2v) is 6.43. The third-order valence-corrected chi connectivity index (χ3v) is 3.65. The number of ether oxygens (including phenoxy) is 2. The van der Waals surface area contributed by atoms with E-state index in [2.05, 4.69) is 52.0 Å². The molecule has 0 saturated carbocycles. The summed E-state index contributed by atoms with van der Waals surface area (Å²) >= 11 is 3.53. The highest BCUT2D eigenvalue weighted by atomic mass is 79.9. The van der Waals surface area contributed by atoms with Gasteiger partial charge >= 0.3 is 0 Å². The summed E-state index contributed by atoms with van der Waals surface area (Å²) in [6, 6.07) is 0. The molecule has 1 atom stereocenters. The maximum absolute atomic E-state index is 5.60. The first kappa shape index (κ1) is 17.3. The highest BCUT2D eigenvalue weighted by molar-refractivity contribution is 9.10. The fraction of sp³-hybridized carbons (Fsp3) is 0.714. The molecule has 20 heavy (non-hydrogen) atoms. The van der Waals surface area contributed by atoms with Crippen molar-refractivity contribution in [1.82, 2.24) is 9.97 Å². The standard InChI is InChI=1S/C14H24BrN3O2/c1-7-16-12-10(15)9(8-19-5)17-13(18-12)11(20-6)14(2,3)4/h11H,7-8H2,1-6H3,(H,16,17,18). The highest BCUT2D eigenvalue weighted by Crippen LogP contribution is 2.35. The Morgan fingerprint density at radius 1 is 1.25 bits per heavy atom. The number of hydrogen-bond donors (Lipinski definition) is 1. The maximum atomic E-state index is 5.60. The molecule has 0 spiro atoms. The van der Waals surface area contributed by atoms with Crippen molar-refractivity contribution in [2.24, 2.45) is 5.41 Å². The van der Waals surface area contributed by atoms with Crippen LogP contribution >= 0.6 is 15.9 Å². The molecule has 6 heteroatoms. The van der Waals surface area contributed by atoms with Crippen molar-refractivity contribution >= 4 is 21.7 Å². The molecule has 1 rings (SSSR count). The van der Waals surface area contributed by atoms with E-state index >= 15 is 0 Å². The summed E-state index contributed by atoms with van der Waals surface area (Å²) in [6.45, 7) is 9.56. The Balaban J connectivity index is 3.31. The summed E-state index contributed by atoms with van der Waals surface area (Å²) in [7, 11) is 3.34. The molecule has 5 nitrogen and oxygen atoms in total. The molecule has 114 valence electrons. The zero-order chi connectivity index (χ0) is 15.3. The summed E-state index contributed by atoms with van der Waals surface area (Å²) in [5.74, 6) is 1.45. The van der Waals surface area contributed by atoms with Crippen LogP contribution in [-0.2, 0) is 16.1 Å². The quantitative estimate of drug-likeness (QED) is 0.854. The predicted molar refractivity (Wildman–Crippen MR) is 83.8 cm³/mol. The van der Waals surface area contributed by atoms with Crippen LogP contribution in [0, 0.1) is 5.41 Å². The molecular weight excluding hydrogens is 322 g/mol. The molecule has 0 aromatic carbocycles. The fourth-order valence-electron chi connectivity index (χ4n) is 1.99. The van der Waals surface area contributed by atoms with Crippen molar-refractivity contribution in [1.29, 1.82) is 0 Å². The average molecular weight is 346 g/mol. The van der Waals surface area contributed by atoms with Gasteiger partial charge in [-0.1, -0.05) is 20.8 Å². The molecular formula is C14H24BrN3O2. The van der Waals surface area contributed by atoms with E-state index in [4.69, 9.17) is 9.47 Å². The highest BCUT2D eigenvalue weighted by Gasteiger charge is 2.30. The first-order chi connectivity index (χ1) is 9.35. The molecule has 1 N–H and O–H groups in total. The second kappa shape index (κ2) is 7.33. The molecule has 1 unspecified atom stereocenters. The van der Waals surface area contributed by atoms with Gasteiger partial charge in [-0.25, -0.2) is 9.97 Å². The molecule has 0 aliphatic heterocycles. The lowest BCUT2D eigenvalue weighted by molar-refractivity contribution is 0.00832. The SMILES string of the molecule is CCNc1nc(C(OC)C(C)(C)C)nc(COC)c1Br. The van der Waals surface area contributed by atoms with Gasteiger partial charge < -0.3 is 14.8 Å². The zero-order valence-electron chi connectivity index (χ0n) is 13.1. The van der Waals surface area contributed by atoms with Crippen molar-refractivity contribution in [3.05, 3.63) is 16.0 Å². The van der Waals surface area contributed by atoms with Gasteiger partial charge in [0.15, 0.2) is 5.82 Å². The Labute approximate surface area is 129 Å². The normalized spacial score (nSPS) is 13.3. The lowest BCUT2D eigenvalue weighted by atomic mass is 9.88. The Morgan fingerprint density at radius 2 is 1.90 bits per heavy atom. The van der Waals surface area contributed by atoms with Gasteiger partial charge in [-0.15, -0.1) is 0 Å². The van der Waals surface area contributed by atoms with Crippen LogP contribution < -0.4 is 5.32 Å². The van der Waals surface area contributed by atoms with Crippen LogP contribution in [0.1, 0.15) is 45.3 Å². The van der Waals surface area contributed by atoms with Gasteiger partial charge in [0.25, 0.3) is 0 Å². The third kappa shape index (κ3) is 4.14. The van der Waals surface area contributed by atoms with Gasteiger partial charge in [0, 0.05) is 20.8 Å². The van der Waals surface area contributed by atoms with Crippen LogP contribution in [0.5, 0.6) is 0 Å². The Kier molecular flexibility index (Phi) is 6.36. The minimum Gasteiger partial charge on any atom is -0.378 e.